The Morgan fingerprint density at radius 3 is 2.62 bits per heavy atom. The molecule has 0 heterocycles. The Bertz CT molecular complexity index is 327. The molecule has 0 radical (unpaired) electrons. The number of nitrogens with zero attached hydrogens (tertiary/aromatic N) is 1. The van der Waals surface area contributed by atoms with Crippen LogP contribution in [0.2, 0.25) is 0 Å². The Hall–Kier alpha value is -1.53. The minimum Gasteiger partial charge on any atom is -0.423 e. The first-order valence-corrected chi connectivity index (χ1v) is 3.59. The van der Waals surface area contributed by atoms with E-state index in [4.69, 9.17) is 21.0 Å². The van der Waals surface area contributed by atoms with Crippen molar-refractivity contribution in [1.29, 1.82) is 0 Å². The molecule has 0 aromatic heterocycles. The van der Waals surface area contributed by atoms with E-state index in [1.807, 2.05) is 0 Å². The molecule has 0 bridgehead atoms. The molecule has 0 unspecified atom stereocenters. The fourth-order valence-electron chi connectivity index (χ4n) is 0.916. The number of hydrogen-bond acceptors (Lipinski definition) is 4. The normalized spacial score (nSPS) is 11.4. The molecule has 0 atom stereocenters. The lowest BCUT2D eigenvalue weighted by atomic mass is 9.79. The quantitative estimate of drug-likeness (QED) is 0.146. The average Bonchev–Trinajstić information content (AvgIpc) is 2.17. The van der Waals surface area contributed by atoms with Crippen LogP contribution in [-0.2, 0) is 0 Å². The Labute approximate surface area is 75.3 Å². The number of hydrogen-bond donors (Lipinski definition) is 4. The molecular weight excluding hydrogens is 171 g/mol. The molecule has 0 aliphatic carbocycles. The molecule has 1 aromatic carbocycles. The van der Waals surface area contributed by atoms with Crippen LogP contribution in [-0.4, -0.2) is 28.2 Å². The van der Waals surface area contributed by atoms with Gasteiger partial charge in [0.1, 0.15) is 0 Å². The summed E-state index contributed by atoms with van der Waals surface area (Å²) in [5.74, 6) is -0.0671. The van der Waals surface area contributed by atoms with Crippen LogP contribution >= 0.6 is 0 Å². The van der Waals surface area contributed by atoms with Crippen molar-refractivity contribution in [3.05, 3.63) is 29.8 Å². The second-order valence-corrected chi connectivity index (χ2v) is 2.48. The minimum atomic E-state index is -1.55. The summed E-state index contributed by atoms with van der Waals surface area (Å²) < 4.78 is 0. The molecule has 0 aliphatic heterocycles. The summed E-state index contributed by atoms with van der Waals surface area (Å²) in [6.45, 7) is 0. The highest BCUT2D eigenvalue weighted by Gasteiger charge is 2.11. The maximum Gasteiger partial charge on any atom is 0.488 e. The summed E-state index contributed by atoms with van der Waals surface area (Å²) >= 11 is 0. The summed E-state index contributed by atoms with van der Waals surface area (Å²) in [6.07, 6.45) is 0. The van der Waals surface area contributed by atoms with E-state index >= 15 is 0 Å². The first kappa shape index (κ1) is 9.56. The van der Waals surface area contributed by atoms with Crippen LogP contribution in [0.25, 0.3) is 0 Å². The van der Waals surface area contributed by atoms with Crippen molar-refractivity contribution in [2.45, 2.75) is 0 Å². The van der Waals surface area contributed by atoms with Gasteiger partial charge < -0.3 is 21.0 Å². The van der Waals surface area contributed by atoms with Gasteiger partial charge in [0, 0.05) is 5.56 Å². The van der Waals surface area contributed by atoms with Crippen LogP contribution in [0.1, 0.15) is 5.56 Å². The highest BCUT2D eigenvalue weighted by Crippen LogP contribution is 1.96. The Morgan fingerprint density at radius 2 is 2.08 bits per heavy atom. The van der Waals surface area contributed by atoms with Gasteiger partial charge in [-0.2, -0.15) is 0 Å². The van der Waals surface area contributed by atoms with Crippen molar-refractivity contribution >= 4 is 18.4 Å². The molecule has 0 fully saturated rings. The van der Waals surface area contributed by atoms with E-state index in [0.717, 1.165) is 0 Å². The van der Waals surface area contributed by atoms with Crippen LogP contribution < -0.4 is 11.2 Å². The van der Waals surface area contributed by atoms with Gasteiger partial charge in [-0.3, -0.25) is 0 Å². The first-order valence-electron chi connectivity index (χ1n) is 3.59. The number of amidine groups is 1. The van der Waals surface area contributed by atoms with Crippen molar-refractivity contribution in [2.75, 3.05) is 0 Å². The minimum absolute atomic E-state index is 0.0671. The molecule has 1 aromatic rings. The van der Waals surface area contributed by atoms with Crippen molar-refractivity contribution in [3.8, 4) is 0 Å². The second-order valence-electron chi connectivity index (χ2n) is 2.48. The number of oxime groups is 1. The van der Waals surface area contributed by atoms with Crippen molar-refractivity contribution in [3.63, 3.8) is 0 Å². The second kappa shape index (κ2) is 3.93. The smallest absolute Gasteiger partial charge is 0.423 e. The van der Waals surface area contributed by atoms with Gasteiger partial charge in [0.15, 0.2) is 5.84 Å². The highest BCUT2D eigenvalue weighted by molar-refractivity contribution is 6.58. The molecular formula is C7H9BN2O3. The van der Waals surface area contributed by atoms with E-state index in [-0.39, 0.29) is 5.84 Å². The zero-order chi connectivity index (χ0) is 9.84. The Morgan fingerprint density at radius 1 is 1.38 bits per heavy atom. The van der Waals surface area contributed by atoms with E-state index in [2.05, 4.69) is 5.16 Å². The van der Waals surface area contributed by atoms with Gasteiger partial charge in [0.25, 0.3) is 0 Å². The lowest BCUT2D eigenvalue weighted by Gasteiger charge is -2.02. The average molecular weight is 180 g/mol. The lowest BCUT2D eigenvalue weighted by molar-refractivity contribution is 0.318. The van der Waals surface area contributed by atoms with Crippen molar-refractivity contribution in [1.82, 2.24) is 0 Å². The molecule has 0 saturated heterocycles. The number of nitrogens with two attached hydrogens (primary N) is 1. The molecule has 0 amide bonds. The van der Waals surface area contributed by atoms with Gasteiger partial charge in [-0.1, -0.05) is 29.4 Å². The van der Waals surface area contributed by atoms with Gasteiger partial charge in [0.2, 0.25) is 0 Å². The molecule has 68 valence electrons. The third-order valence-corrected chi connectivity index (χ3v) is 1.59. The zero-order valence-corrected chi connectivity index (χ0v) is 6.75. The summed E-state index contributed by atoms with van der Waals surface area (Å²) in [7, 11) is -1.55. The molecule has 5 N–H and O–H groups in total. The molecule has 6 heteroatoms. The largest absolute Gasteiger partial charge is 0.488 e. The fraction of sp³-hybridized carbons (Fsp3) is 0. The molecule has 0 aliphatic rings. The predicted octanol–water partition coefficient (Wildman–Crippen LogP) is -1.54. The topological polar surface area (TPSA) is 99.1 Å². The van der Waals surface area contributed by atoms with Crippen LogP contribution in [0.3, 0.4) is 0 Å². The van der Waals surface area contributed by atoms with E-state index in [9.17, 15) is 0 Å². The van der Waals surface area contributed by atoms with Crippen LogP contribution in [0.4, 0.5) is 0 Å². The summed E-state index contributed by atoms with van der Waals surface area (Å²) in [4.78, 5) is 0. The predicted molar refractivity (Wildman–Crippen MR) is 48.8 cm³/mol. The van der Waals surface area contributed by atoms with Crippen LogP contribution in [0, 0.1) is 0 Å². The standard InChI is InChI=1S/C7H9BN2O3/c9-7(10-13)5-2-1-3-6(4-5)8(11)12/h1-4,11-13H,(H2,9,10). The molecule has 1 rings (SSSR count). The highest BCUT2D eigenvalue weighted by atomic mass is 16.4. The van der Waals surface area contributed by atoms with Gasteiger partial charge in [-0.15, -0.1) is 0 Å². The Kier molecular flexibility index (Phi) is 2.89. The summed E-state index contributed by atoms with van der Waals surface area (Å²) in [5.41, 5.74) is 6.03. The lowest BCUT2D eigenvalue weighted by Crippen LogP contribution is -2.30. The third-order valence-electron chi connectivity index (χ3n) is 1.59. The molecule has 5 nitrogen and oxygen atoms in total. The molecule has 13 heavy (non-hydrogen) atoms. The molecule has 0 spiro atoms. The first-order chi connectivity index (χ1) is 6.15. The van der Waals surface area contributed by atoms with Crippen LogP contribution in [0.5, 0.6) is 0 Å². The van der Waals surface area contributed by atoms with E-state index in [1.165, 1.54) is 12.1 Å². The van der Waals surface area contributed by atoms with Crippen LogP contribution in [0.15, 0.2) is 29.4 Å². The van der Waals surface area contributed by atoms with Gasteiger partial charge >= 0.3 is 7.12 Å². The zero-order valence-electron chi connectivity index (χ0n) is 6.75. The van der Waals surface area contributed by atoms with E-state index in [0.29, 0.717) is 11.0 Å². The fourth-order valence-corrected chi connectivity index (χ4v) is 0.916. The maximum absolute atomic E-state index is 8.82. The summed E-state index contributed by atoms with van der Waals surface area (Å²) in [5, 5.41) is 28.8. The monoisotopic (exact) mass is 180 g/mol. The number of rotatable bonds is 2. The van der Waals surface area contributed by atoms with E-state index in [1.54, 1.807) is 12.1 Å². The SMILES string of the molecule is N/C(=N\O)c1cccc(B(O)O)c1. The van der Waals surface area contributed by atoms with Crippen molar-refractivity contribution in [2.24, 2.45) is 10.9 Å². The molecule has 0 saturated carbocycles. The number of benzene rings is 1. The van der Waals surface area contributed by atoms with Gasteiger partial charge in [-0.05, 0) is 5.46 Å². The van der Waals surface area contributed by atoms with Gasteiger partial charge in [-0.25, -0.2) is 0 Å². The summed E-state index contributed by atoms with van der Waals surface area (Å²) in [6, 6.07) is 6.14. The Balaban J connectivity index is 3.05. The van der Waals surface area contributed by atoms with Crippen molar-refractivity contribution < 1.29 is 15.3 Å². The third kappa shape index (κ3) is 2.20. The van der Waals surface area contributed by atoms with Gasteiger partial charge in [0.05, 0.1) is 0 Å². The van der Waals surface area contributed by atoms with E-state index < -0.39 is 7.12 Å². The maximum atomic E-state index is 8.82.